The number of benzene rings is 1. The van der Waals surface area contributed by atoms with Gasteiger partial charge >= 0.3 is 0 Å². The van der Waals surface area contributed by atoms with Gasteiger partial charge in [0.1, 0.15) is 11.3 Å². The molecule has 2 aromatic rings. The third kappa shape index (κ3) is 1.73. The molecule has 1 aromatic heterocycles. The third-order valence-corrected chi connectivity index (χ3v) is 2.06. The first-order chi connectivity index (χ1) is 6.40. The lowest BCUT2D eigenvalue weighted by Gasteiger charge is -1.90. The van der Waals surface area contributed by atoms with Crippen molar-refractivity contribution in [1.29, 1.82) is 0 Å². The Bertz CT molecular complexity index is 357. The molecular weight excluding hydrogens is 164 g/mol. The Morgan fingerprint density at radius 3 is 2.85 bits per heavy atom. The second-order valence-corrected chi connectivity index (χ2v) is 3.08. The highest BCUT2D eigenvalue weighted by Gasteiger charge is 2.01. The van der Waals surface area contributed by atoms with Crippen LogP contribution < -0.4 is 0 Å². The van der Waals surface area contributed by atoms with Gasteiger partial charge in [-0.3, -0.25) is 0 Å². The van der Waals surface area contributed by atoms with E-state index in [2.05, 4.69) is 0 Å². The van der Waals surface area contributed by atoms with Gasteiger partial charge in [-0.05, 0) is 18.6 Å². The lowest BCUT2D eigenvalue weighted by Crippen LogP contribution is -1.85. The summed E-state index contributed by atoms with van der Waals surface area (Å²) in [4.78, 5) is 0. The van der Waals surface area contributed by atoms with Crippen LogP contribution in [0.25, 0.3) is 11.0 Å². The molecule has 0 aliphatic rings. The van der Waals surface area contributed by atoms with Gasteiger partial charge in [-0.25, -0.2) is 0 Å². The van der Waals surface area contributed by atoms with Crippen LogP contribution in [0.1, 0.15) is 12.2 Å². The molecule has 0 spiro atoms. The van der Waals surface area contributed by atoms with Crippen molar-refractivity contribution in [2.75, 3.05) is 6.61 Å². The summed E-state index contributed by atoms with van der Waals surface area (Å²) in [6, 6.07) is 9.97. The fourth-order valence-corrected chi connectivity index (χ4v) is 1.41. The standard InChI is InChI=1S/C11H12O2/c12-7-3-5-10-8-9-4-1-2-6-11(9)13-10/h1-2,4,6,8,12H,3,5,7H2. The Morgan fingerprint density at radius 2 is 2.08 bits per heavy atom. The molecule has 1 aromatic carbocycles. The van der Waals surface area contributed by atoms with E-state index in [9.17, 15) is 0 Å². The van der Waals surface area contributed by atoms with Gasteiger partial charge in [0.05, 0.1) is 0 Å². The quantitative estimate of drug-likeness (QED) is 0.778. The second-order valence-electron chi connectivity index (χ2n) is 3.08. The lowest BCUT2D eigenvalue weighted by atomic mass is 10.2. The van der Waals surface area contributed by atoms with E-state index in [4.69, 9.17) is 9.52 Å². The number of aliphatic hydroxyl groups excluding tert-OH is 1. The SMILES string of the molecule is OCCCc1cc2ccccc2o1. The van der Waals surface area contributed by atoms with Gasteiger partial charge in [0.2, 0.25) is 0 Å². The molecule has 0 aliphatic carbocycles. The zero-order valence-electron chi connectivity index (χ0n) is 7.36. The number of aryl methyl sites for hydroxylation is 1. The highest BCUT2D eigenvalue weighted by Crippen LogP contribution is 2.19. The molecule has 13 heavy (non-hydrogen) atoms. The van der Waals surface area contributed by atoms with Crippen molar-refractivity contribution in [3.05, 3.63) is 36.1 Å². The van der Waals surface area contributed by atoms with Gasteiger partial charge in [0, 0.05) is 18.4 Å². The van der Waals surface area contributed by atoms with E-state index in [-0.39, 0.29) is 6.61 Å². The Kier molecular flexibility index (Phi) is 2.32. The van der Waals surface area contributed by atoms with Crippen LogP contribution in [-0.2, 0) is 6.42 Å². The number of hydrogen-bond donors (Lipinski definition) is 1. The fourth-order valence-electron chi connectivity index (χ4n) is 1.41. The summed E-state index contributed by atoms with van der Waals surface area (Å²) < 4.78 is 5.56. The van der Waals surface area contributed by atoms with Crippen LogP contribution in [-0.4, -0.2) is 11.7 Å². The van der Waals surface area contributed by atoms with Crippen molar-refractivity contribution in [2.24, 2.45) is 0 Å². The Labute approximate surface area is 76.8 Å². The molecule has 1 heterocycles. The fraction of sp³-hybridized carbons (Fsp3) is 0.273. The largest absolute Gasteiger partial charge is 0.461 e. The number of hydrogen-bond acceptors (Lipinski definition) is 2. The van der Waals surface area contributed by atoms with Crippen LogP contribution in [0.4, 0.5) is 0 Å². The molecule has 0 aliphatic heterocycles. The Hall–Kier alpha value is -1.28. The second kappa shape index (κ2) is 3.62. The summed E-state index contributed by atoms with van der Waals surface area (Å²) in [5.74, 6) is 0.954. The predicted octanol–water partition coefficient (Wildman–Crippen LogP) is 2.36. The van der Waals surface area contributed by atoms with Crippen LogP contribution in [0, 0.1) is 0 Å². The monoisotopic (exact) mass is 176 g/mol. The van der Waals surface area contributed by atoms with Crippen LogP contribution in [0.2, 0.25) is 0 Å². The summed E-state index contributed by atoms with van der Waals surface area (Å²) >= 11 is 0. The lowest BCUT2D eigenvalue weighted by molar-refractivity contribution is 0.285. The molecule has 0 saturated heterocycles. The first-order valence-corrected chi connectivity index (χ1v) is 4.48. The topological polar surface area (TPSA) is 33.4 Å². The van der Waals surface area contributed by atoms with Gasteiger partial charge in [-0.15, -0.1) is 0 Å². The van der Waals surface area contributed by atoms with E-state index in [0.717, 1.165) is 29.6 Å². The van der Waals surface area contributed by atoms with Gasteiger partial charge < -0.3 is 9.52 Å². The maximum atomic E-state index is 8.66. The highest BCUT2D eigenvalue weighted by atomic mass is 16.3. The molecule has 0 bridgehead atoms. The van der Waals surface area contributed by atoms with Crippen molar-refractivity contribution >= 4 is 11.0 Å². The molecule has 0 radical (unpaired) electrons. The minimum absolute atomic E-state index is 0.219. The summed E-state index contributed by atoms with van der Waals surface area (Å²) in [5, 5.41) is 9.80. The van der Waals surface area contributed by atoms with Crippen LogP contribution in [0.5, 0.6) is 0 Å². The van der Waals surface area contributed by atoms with E-state index < -0.39 is 0 Å². The number of rotatable bonds is 3. The van der Waals surface area contributed by atoms with Crippen LogP contribution in [0.15, 0.2) is 34.7 Å². The van der Waals surface area contributed by atoms with Crippen molar-refractivity contribution in [2.45, 2.75) is 12.8 Å². The zero-order chi connectivity index (χ0) is 9.10. The van der Waals surface area contributed by atoms with E-state index in [1.165, 1.54) is 0 Å². The molecule has 0 unspecified atom stereocenters. The molecule has 0 saturated carbocycles. The first-order valence-electron chi connectivity index (χ1n) is 4.48. The van der Waals surface area contributed by atoms with Gasteiger partial charge in [-0.2, -0.15) is 0 Å². The third-order valence-electron chi connectivity index (χ3n) is 2.06. The summed E-state index contributed by atoms with van der Waals surface area (Å²) in [7, 11) is 0. The van der Waals surface area contributed by atoms with Gasteiger partial charge in [0.25, 0.3) is 0 Å². The summed E-state index contributed by atoms with van der Waals surface area (Å²) in [6.07, 6.45) is 1.57. The van der Waals surface area contributed by atoms with Crippen LogP contribution in [0.3, 0.4) is 0 Å². The van der Waals surface area contributed by atoms with E-state index in [1.807, 2.05) is 30.3 Å². The molecule has 2 rings (SSSR count). The Morgan fingerprint density at radius 1 is 1.23 bits per heavy atom. The average molecular weight is 176 g/mol. The molecule has 1 N–H and O–H groups in total. The normalized spacial score (nSPS) is 10.8. The minimum Gasteiger partial charge on any atom is -0.461 e. The Balaban J connectivity index is 2.28. The van der Waals surface area contributed by atoms with E-state index in [0.29, 0.717) is 0 Å². The number of para-hydroxylation sites is 1. The molecule has 2 heteroatoms. The van der Waals surface area contributed by atoms with Crippen molar-refractivity contribution in [1.82, 2.24) is 0 Å². The smallest absolute Gasteiger partial charge is 0.134 e. The van der Waals surface area contributed by atoms with Crippen molar-refractivity contribution < 1.29 is 9.52 Å². The predicted molar refractivity (Wildman–Crippen MR) is 51.6 cm³/mol. The minimum atomic E-state index is 0.219. The van der Waals surface area contributed by atoms with E-state index >= 15 is 0 Å². The molecule has 0 amide bonds. The number of fused-ring (bicyclic) bond motifs is 1. The number of furan rings is 1. The van der Waals surface area contributed by atoms with Gasteiger partial charge in [0.15, 0.2) is 0 Å². The highest BCUT2D eigenvalue weighted by molar-refractivity contribution is 5.77. The summed E-state index contributed by atoms with van der Waals surface area (Å²) in [6.45, 7) is 0.219. The maximum absolute atomic E-state index is 8.66. The van der Waals surface area contributed by atoms with E-state index in [1.54, 1.807) is 0 Å². The van der Waals surface area contributed by atoms with Crippen molar-refractivity contribution in [3.63, 3.8) is 0 Å². The maximum Gasteiger partial charge on any atom is 0.134 e. The average Bonchev–Trinajstić information content (AvgIpc) is 2.57. The molecule has 0 atom stereocenters. The zero-order valence-corrected chi connectivity index (χ0v) is 7.36. The molecule has 2 nitrogen and oxygen atoms in total. The van der Waals surface area contributed by atoms with Crippen molar-refractivity contribution in [3.8, 4) is 0 Å². The first kappa shape index (κ1) is 8.32. The summed E-state index contributed by atoms with van der Waals surface area (Å²) in [5.41, 5.74) is 0.926. The molecule has 0 fully saturated rings. The van der Waals surface area contributed by atoms with Gasteiger partial charge in [-0.1, -0.05) is 18.2 Å². The molecular formula is C11H12O2. The molecule has 68 valence electrons. The number of aliphatic hydroxyl groups is 1. The van der Waals surface area contributed by atoms with Crippen LogP contribution >= 0.6 is 0 Å².